The summed E-state index contributed by atoms with van der Waals surface area (Å²) < 4.78 is 10.5. The smallest absolute Gasteiger partial charge is 0.319 e. The van der Waals surface area contributed by atoms with E-state index in [9.17, 15) is 19.6 Å². The summed E-state index contributed by atoms with van der Waals surface area (Å²) in [7, 11) is 1.20. The third-order valence-corrected chi connectivity index (χ3v) is 5.84. The number of allylic oxidation sites excluding steroid dienone is 1. The molecule has 1 aromatic rings. The second-order valence-corrected chi connectivity index (χ2v) is 7.59. The van der Waals surface area contributed by atoms with Crippen LogP contribution in [0.3, 0.4) is 0 Å². The van der Waals surface area contributed by atoms with Crippen molar-refractivity contribution in [3.63, 3.8) is 0 Å². The highest BCUT2D eigenvalue weighted by molar-refractivity contribution is 14.1. The molecule has 2 atom stereocenters. The van der Waals surface area contributed by atoms with Gasteiger partial charge in [0.05, 0.1) is 36.1 Å². The van der Waals surface area contributed by atoms with Crippen molar-refractivity contribution >= 4 is 52.2 Å². The summed E-state index contributed by atoms with van der Waals surface area (Å²) >= 11 is 3.10. The van der Waals surface area contributed by atoms with Gasteiger partial charge in [0.15, 0.2) is 0 Å². The van der Waals surface area contributed by atoms with E-state index < -0.39 is 29.7 Å². The lowest BCUT2D eigenvalue weighted by atomic mass is 9.78. The average Bonchev–Trinajstić information content (AvgIpc) is 2.66. The van der Waals surface area contributed by atoms with Crippen LogP contribution in [-0.4, -0.2) is 37.3 Å². The van der Waals surface area contributed by atoms with Crippen LogP contribution in [0.5, 0.6) is 0 Å². The van der Waals surface area contributed by atoms with Crippen molar-refractivity contribution < 1.29 is 23.9 Å². The quantitative estimate of drug-likeness (QED) is 0.363. The first kappa shape index (κ1) is 21.2. The molecule has 7 nitrogen and oxygen atoms in total. The molecule has 0 saturated carbocycles. The van der Waals surface area contributed by atoms with E-state index >= 15 is 0 Å². The maximum absolute atomic E-state index is 12.6. The third kappa shape index (κ3) is 4.81. The van der Waals surface area contributed by atoms with E-state index in [0.29, 0.717) is 5.56 Å². The predicted octanol–water partition coefficient (Wildman–Crippen LogP) is 2.33. The summed E-state index contributed by atoms with van der Waals surface area (Å²) in [6, 6.07) is 9.30. The Morgan fingerprint density at radius 3 is 2.67 bits per heavy atom. The van der Waals surface area contributed by atoms with Crippen LogP contribution >= 0.6 is 34.4 Å². The summed E-state index contributed by atoms with van der Waals surface area (Å²) in [6.45, 7) is 1.93. The molecule has 27 heavy (non-hydrogen) atoms. The molecule has 1 heterocycles. The minimum atomic E-state index is -1.19. The van der Waals surface area contributed by atoms with Gasteiger partial charge >= 0.3 is 11.9 Å². The summed E-state index contributed by atoms with van der Waals surface area (Å²) in [5.74, 6) is -3.80. The number of thioether (sulfide) groups is 1. The highest BCUT2D eigenvalue weighted by Gasteiger charge is 2.45. The molecule has 1 amide bonds. The average molecular weight is 500 g/mol. The Bertz CT molecular complexity index is 833. The third-order valence-electron chi connectivity index (χ3n) is 3.86. The van der Waals surface area contributed by atoms with Gasteiger partial charge in [-0.25, -0.2) is 0 Å². The van der Waals surface area contributed by atoms with Crippen LogP contribution in [0.25, 0.3) is 0 Å². The van der Waals surface area contributed by atoms with E-state index in [1.807, 2.05) is 12.1 Å². The van der Waals surface area contributed by atoms with Gasteiger partial charge in [0, 0.05) is 9.49 Å². The van der Waals surface area contributed by atoms with Gasteiger partial charge in [0.25, 0.3) is 0 Å². The first-order valence-corrected chi connectivity index (χ1v) is 10.1. The maximum Gasteiger partial charge on any atom is 0.319 e. The lowest BCUT2D eigenvalue weighted by Crippen LogP contribution is -2.44. The molecule has 1 aromatic carbocycles. The van der Waals surface area contributed by atoms with Gasteiger partial charge in [0.1, 0.15) is 5.92 Å². The zero-order chi connectivity index (χ0) is 20.0. The molecule has 0 unspecified atom stereocenters. The number of nitriles is 1. The first-order chi connectivity index (χ1) is 12.9. The Morgan fingerprint density at radius 2 is 2.07 bits per heavy atom. The molecule has 1 aliphatic heterocycles. The Morgan fingerprint density at radius 1 is 1.37 bits per heavy atom. The molecule has 9 heteroatoms. The molecule has 2 rings (SSSR count). The first-order valence-electron chi connectivity index (χ1n) is 8.00. The van der Waals surface area contributed by atoms with Crippen molar-refractivity contribution in [2.75, 3.05) is 19.5 Å². The molecule has 0 fully saturated rings. The van der Waals surface area contributed by atoms with E-state index in [0.717, 1.165) is 15.3 Å². The molecule has 0 spiro atoms. The van der Waals surface area contributed by atoms with Crippen molar-refractivity contribution in [1.82, 2.24) is 5.32 Å². The monoisotopic (exact) mass is 500 g/mol. The number of carbonyl (C=O) groups excluding carboxylic acids is 3. The number of esters is 2. The number of nitrogens with one attached hydrogen (secondary N) is 1. The van der Waals surface area contributed by atoms with Gasteiger partial charge in [-0.3, -0.25) is 14.4 Å². The highest BCUT2D eigenvalue weighted by Crippen LogP contribution is 2.41. The lowest BCUT2D eigenvalue weighted by molar-refractivity contribution is -0.150. The molecule has 142 valence electrons. The number of carbonyl (C=O) groups is 3. The number of benzene rings is 1. The lowest BCUT2D eigenvalue weighted by Gasteiger charge is -2.31. The van der Waals surface area contributed by atoms with Gasteiger partial charge in [-0.1, -0.05) is 30.0 Å². The van der Waals surface area contributed by atoms with E-state index in [-0.39, 0.29) is 23.0 Å². The maximum atomic E-state index is 12.6. The Balaban J connectivity index is 2.52. The molecule has 0 aromatic heterocycles. The second kappa shape index (κ2) is 9.75. The number of nitrogens with zero attached hydrogens (tertiary/aromatic N) is 1. The number of methoxy groups -OCH3 is 1. The molecule has 0 radical (unpaired) electrons. The second-order valence-electron chi connectivity index (χ2n) is 5.44. The van der Waals surface area contributed by atoms with Gasteiger partial charge < -0.3 is 14.8 Å². The summed E-state index contributed by atoms with van der Waals surface area (Å²) in [5.41, 5.74) is 0.887. The molecular weight excluding hydrogens is 483 g/mol. The van der Waals surface area contributed by atoms with Crippen molar-refractivity contribution in [3.8, 4) is 6.07 Å². The van der Waals surface area contributed by atoms with Crippen LogP contribution in [0.4, 0.5) is 0 Å². The Hall–Kier alpha value is -2.06. The molecule has 1 N–H and O–H groups in total. The van der Waals surface area contributed by atoms with Crippen LogP contribution < -0.4 is 5.32 Å². The van der Waals surface area contributed by atoms with E-state index in [1.165, 1.54) is 7.11 Å². The largest absolute Gasteiger partial charge is 0.468 e. The summed E-state index contributed by atoms with van der Waals surface area (Å²) in [6.07, 6.45) is 0. The van der Waals surface area contributed by atoms with Crippen molar-refractivity contribution in [3.05, 3.63) is 44.0 Å². The molecule has 0 aliphatic carbocycles. The number of ether oxygens (including phenoxy) is 2. The van der Waals surface area contributed by atoms with Crippen molar-refractivity contribution in [1.29, 1.82) is 5.26 Å². The predicted molar refractivity (Wildman–Crippen MR) is 107 cm³/mol. The zero-order valence-electron chi connectivity index (χ0n) is 14.7. The van der Waals surface area contributed by atoms with Gasteiger partial charge in [-0.05, 0) is 41.1 Å². The van der Waals surface area contributed by atoms with Gasteiger partial charge in [0.2, 0.25) is 5.91 Å². The molecule has 0 saturated heterocycles. The minimum Gasteiger partial charge on any atom is -0.468 e. The summed E-state index contributed by atoms with van der Waals surface area (Å²) in [5, 5.41) is 12.6. The van der Waals surface area contributed by atoms with Gasteiger partial charge in [-0.15, -0.1) is 0 Å². The van der Waals surface area contributed by atoms with Crippen LogP contribution in [0.15, 0.2) is 34.9 Å². The highest BCUT2D eigenvalue weighted by atomic mass is 127. The zero-order valence-corrected chi connectivity index (χ0v) is 17.6. The van der Waals surface area contributed by atoms with Crippen molar-refractivity contribution in [2.24, 2.45) is 5.92 Å². The Labute approximate surface area is 174 Å². The number of hydrogen-bond acceptors (Lipinski definition) is 7. The minimum absolute atomic E-state index is 0.0594. The Kier molecular flexibility index (Phi) is 7.67. The fourth-order valence-electron chi connectivity index (χ4n) is 2.72. The van der Waals surface area contributed by atoms with Crippen molar-refractivity contribution in [2.45, 2.75) is 12.8 Å². The summed E-state index contributed by atoms with van der Waals surface area (Å²) in [4.78, 5) is 36.6. The molecule has 0 bridgehead atoms. The van der Waals surface area contributed by atoms with E-state index in [4.69, 9.17) is 9.47 Å². The number of halogens is 1. The van der Waals surface area contributed by atoms with Crippen LogP contribution in [0.2, 0.25) is 0 Å². The van der Waals surface area contributed by atoms with Crippen LogP contribution in [0.1, 0.15) is 18.4 Å². The number of hydrogen-bond donors (Lipinski definition) is 1. The topological polar surface area (TPSA) is 105 Å². The number of rotatable bonds is 6. The van der Waals surface area contributed by atoms with E-state index in [1.54, 1.807) is 19.1 Å². The molecular formula is C18H17IN2O5S. The molecule has 1 aliphatic rings. The van der Waals surface area contributed by atoms with E-state index in [2.05, 4.69) is 34.0 Å². The fourth-order valence-corrected chi connectivity index (χ4v) is 4.29. The SMILES string of the molecule is CCOC(=O)CSC1=C(C#N)[C@H](c2ccccc2I)[C@H](C(=O)OC)C(=O)N1. The number of amides is 1. The van der Waals surface area contributed by atoms with Crippen LogP contribution in [0, 0.1) is 20.8 Å². The van der Waals surface area contributed by atoms with Crippen LogP contribution in [-0.2, 0) is 23.9 Å². The van der Waals surface area contributed by atoms with Gasteiger partial charge in [-0.2, -0.15) is 5.26 Å². The fraction of sp³-hybridized carbons (Fsp3) is 0.333. The normalized spacial score (nSPS) is 19.1. The standard InChI is InChI=1S/C18H17IN2O5S/c1-3-26-13(22)9-27-17-11(8-20)14(10-6-4-5-7-12(10)19)15(16(23)21-17)18(24)25-2/h4-7,14-15H,3,9H2,1-2H3,(H,21,23)/t14-,15-/m0/s1.